The van der Waals surface area contributed by atoms with Gasteiger partial charge in [0, 0.05) is 68.1 Å². The molecule has 9 aromatic rings. The zero-order valence-electron chi connectivity index (χ0n) is 46.7. The number of hydrogen-bond donors (Lipinski definition) is 0. The first-order valence-corrected chi connectivity index (χ1v) is 19.8. The van der Waals surface area contributed by atoms with Crippen molar-refractivity contribution in [2.75, 3.05) is 0 Å². The summed E-state index contributed by atoms with van der Waals surface area (Å²) in [6.07, 6.45) is -14.6. The number of nitrogens with zero attached hydrogens (tertiary/aromatic N) is 4. The standard InChI is InChI=1S/C56H48N4O/c1-56(2,3)53-46(34-57)26-27-48-47-15-10-16-49(54(47)61-55(48)53)52-30-25-40(37-60-52)19-22-43-32-41(20-17-38-23-28-50(58-35-38)44-11-6-4-7-12-44)31-42(33-43)21-18-39-24-29-51(59-36-39)45-13-8-5-9-14-45/h4-16,23-33,35-37H,17-22H2,1-3H3/i17D2,18D2,19D2,20D2,21D2,22D2,26D. The molecule has 298 valence electrons. The molecule has 0 aliphatic rings. The predicted octanol–water partition coefficient (Wildman–Crippen LogP) is 13.3. The van der Waals surface area contributed by atoms with Crippen LogP contribution in [-0.4, -0.2) is 15.0 Å². The maximum Gasteiger partial charge on any atom is 0.144 e. The lowest BCUT2D eigenvalue weighted by molar-refractivity contribution is 0.571. The molecule has 61 heavy (non-hydrogen) atoms. The molecule has 5 nitrogen and oxygen atoms in total. The van der Waals surface area contributed by atoms with Crippen LogP contribution in [0.3, 0.4) is 0 Å². The molecule has 0 aliphatic heterocycles. The van der Waals surface area contributed by atoms with Crippen LogP contribution in [0.25, 0.3) is 55.7 Å². The fourth-order valence-electron chi connectivity index (χ4n) is 7.20. The Bertz CT molecular complexity index is 3480. The van der Waals surface area contributed by atoms with E-state index in [1.165, 1.54) is 48.8 Å². The van der Waals surface area contributed by atoms with E-state index in [-0.39, 0.29) is 28.3 Å². The Kier molecular flexibility index (Phi) is 7.57. The van der Waals surface area contributed by atoms with Crippen molar-refractivity contribution in [2.45, 2.75) is 64.4 Å². The number of nitriles is 1. The van der Waals surface area contributed by atoms with Crippen LogP contribution in [0.4, 0.5) is 0 Å². The first-order chi connectivity index (χ1) is 34.7. The monoisotopic (exact) mass is 805 g/mol. The molecule has 0 unspecified atom stereocenters. The summed E-state index contributed by atoms with van der Waals surface area (Å²) < 4.78 is 128. The van der Waals surface area contributed by atoms with E-state index in [2.05, 4.69) is 21.0 Å². The van der Waals surface area contributed by atoms with Gasteiger partial charge in [0.15, 0.2) is 0 Å². The number of hydrogen-bond acceptors (Lipinski definition) is 5. The van der Waals surface area contributed by atoms with E-state index in [9.17, 15) is 21.7 Å². The van der Waals surface area contributed by atoms with E-state index < -0.39 is 60.3 Å². The SMILES string of the molecule is [2H]c1cc2c(oc3c(-c4ccc(C([2H])([2H])C([2H])([2H])c5cc(C([2H])([2H])C([2H])([2H])c6ccc(-c7ccccc7)nc6)cc(C([2H])([2H])C([2H])([2H])c6ccc(-c7ccccc7)nc6)c5)cn4)cccc32)c(C(C)(C)C)c1C#N. The average Bonchev–Trinajstić information content (AvgIpc) is 3.76. The number of pyridine rings is 3. The highest BCUT2D eigenvalue weighted by Crippen LogP contribution is 2.41. The van der Waals surface area contributed by atoms with Crippen LogP contribution in [0.5, 0.6) is 0 Å². The number of rotatable bonds is 12. The molecule has 0 amide bonds. The Balaban J connectivity index is 1.14. The Morgan fingerprint density at radius 3 is 1.43 bits per heavy atom. The van der Waals surface area contributed by atoms with Crippen molar-refractivity contribution in [3.63, 3.8) is 0 Å². The van der Waals surface area contributed by atoms with Crippen molar-refractivity contribution >= 4 is 21.9 Å². The van der Waals surface area contributed by atoms with Crippen LogP contribution in [0.1, 0.15) is 83.1 Å². The van der Waals surface area contributed by atoms with Crippen LogP contribution in [0.15, 0.2) is 169 Å². The summed E-state index contributed by atoms with van der Waals surface area (Å²) in [4.78, 5) is 13.4. The maximum atomic E-state index is 10.0. The van der Waals surface area contributed by atoms with Crippen molar-refractivity contribution in [3.8, 4) is 39.8 Å². The van der Waals surface area contributed by atoms with E-state index in [1.807, 2.05) is 87.5 Å². The van der Waals surface area contributed by atoms with Gasteiger partial charge in [0.2, 0.25) is 0 Å². The summed E-state index contributed by atoms with van der Waals surface area (Å²) in [7, 11) is 0. The third-order valence-electron chi connectivity index (χ3n) is 10.1. The van der Waals surface area contributed by atoms with Gasteiger partial charge in [-0.3, -0.25) is 15.0 Å². The van der Waals surface area contributed by atoms with Crippen LogP contribution < -0.4 is 0 Å². The lowest BCUT2D eigenvalue weighted by Crippen LogP contribution is -2.13. The van der Waals surface area contributed by atoms with E-state index in [0.29, 0.717) is 50.1 Å². The van der Waals surface area contributed by atoms with E-state index in [4.69, 9.17) is 5.79 Å². The molecule has 0 spiro atoms. The number of aromatic nitrogens is 3. The topological polar surface area (TPSA) is 75.6 Å². The van der Waals surface area contributed by atoms with Gasteiger partial charge >= 0.3 is 0 Å². The van der Waals surface area contributed by atoms with Crippen LogP contribution in [-0.2, 0) is 43.7 Å². The van der Waals surface area contributed by atoms with Gasteiger partial charge in [0.1, 0.15) is 11.2 Å². The molecule has 0 aliphatic carbocycles. The molecular weight excluding hydrogens is 745 g/mol. The van der Waals surface area contributed by atoms with Crippen molar-refractivity contribution in [1.82, 2.24) is 15.0 Å². The maximum absolute atomic E-state index is 10.0. The third kappa shape index (κ3) is 8.76. The Labute approximate surface area is 376 Å². The molecule has 0 atom stereocenters. The fourth-order valence-corrected chi connectivity index (χ4v) is 7.20. The minimum atomic E-state index is -3.14. The van der Waals surface area contributed by atoms with Crippen molar-refractivity contribution in [1.29, 1.82) is 5.26 Å². The average molecular weight is 806 g/mol. The number of benzene rings is 5. The highest BCUT2D eigenvalue weighted by molar-refractivity contribution is 6.10. The second kappa shape index (κ2) is 17.2. The highest BCUT2D eigenvalue weighted by atomic mass is 16.3. The molecule has 0 bridgehead atoms. The summed E-state index contributed by atoms with van der Waals surface area (Å²) in [5.41, 5.74) is 1.94. The molecule has 0 saturated heterocycles. The van der Waals surface area contributed by atoms with Crippen molar-refractivity contribution < 1.29 is 22.2 Å². The van der Waals surface area contributed by atoms with E-state index in [1.54, 1.807) is 18.2 Å². The second-order valence-electron chi connectivity index (χ2n) is 15.5. The Morgan fingerprint density at radius 1 is 0.525 bits per heavy atom. The molecule has 0 fully saturated rings. The van der Waals surface area contributed by atoms with Gasteiger partial charge in [0.05, 0.1) is 30.1 Å². The number of aryl methyl sites for hydroxylation is 6. The largest absolute Gasteiger partial charge is 0.455 e. The van der Waals surface area contributed by atoms with Gasteiger partial charge in [-0.1, -0.05) is 130 Å². The van der Waals surface area contributed by atoms with Gasteiger partial charge in [0.25, 0.3) is 0 Å². The molecule has 5 aromatic carbocycles. The van der Waals surface area contributed by atoms with E-state index >= 15 is 0 Å². The third-order valence-corrected chi connectivity index (χ3v) is 10.1. The molecule has 9 rings (SSSR count). The smallest absolute Gasteiger partial charge is 0.144 e. The summed E-state index contributed by atoms with van der Waals surface area (Å²) in [5, 5.41) is 11.3. The number of para-hydroxylation sites is 1. The van der Waals surface area contributed by atoms with Gasteiger partial charge in [-0.05, 0) is 113 Å². The van der Waals surface area contributed by atoms with Gasteiger partial charge in [-0.15, -0.1) is 0 Å². The highest BCUT2D eigenvalue weighted by Gasteiger charge is 2.25. The number of fused-ring (bicyclic) bond motifs is 3. The molecule has 4 aromatic heterocycles. The lowest BCUT2D eigenvalue weighted by atomic mass is 9.83. The van der Waals surface area contributed by atoms with Crippen LogP contribution in [0, 0.1) is 11.3 Å². The summed E-state index contributed by atoms with van der Waals surface area (Å²) in [5.74, 6) is 0. The van der Waals surface area contributed by atoms with Gasteiger partial charge < -0.3 is 4.42 Å². The van der Waals surface area contributed by atoms with Crippen molar-refractivity contribution in [2.24, 2.45) is 0 Å². The zero-order valence-corrected chi connectivity index (χ0v) is 33.7. The first kappa shape index (κ1) is 26.8. The zero-order chi connectivity index (χ0) is 53.4. The molecule has 0 radical (unpaired) electrons. The molecule has 4 heterocycles. The van der Waals surface area contributed by atoms with Crippen molar-refractivity contribution in [3.05, 3.63) is 209 Å². The summed E-state index contributed by atoms with van der Waals surface area (Å²) >= 11 is 0. The minimum absolute atomic E-state index is 0.0524. The predicted molar refractivity (Wildman–Crippen MR) is 248 cm³/mol. The van der Waals surface area contributed by atoms with E-state index in [0.717, 1.165) is 35.5 Å². The second-order valence-corrected chi connectivity index (χ2v) is 15.5. The summed E-state index contributed by atoms with van der Waals surface area (Å²) in [6, 6.07) is 38.9. The minimum Gasteiger partial charge on any atom is -0.455 e. The number of furan rings is 1. The first-order valence-electron chi connectivity index (χ1n) is 26.3. The summed E-state index contributed by atoms with van der Waals surface area (Å²) in [6.45, 7) is 5.78. The molecule has 0 N–H and O–H groups in total. The molecular formula is C56H48N4O. The van der Waals surface area contributed by atoms with Crippen LogP contribution >= 0.6 is 0 Å². The fraction of sp³-hybridized carbons (Fsp3) is 0.179. The normalized spacial score (nSPS) is 16.1. The van der Waals surface area contributed by atoms with Crippen LogP contribution in [0.2, 0.25) is 0 Å². The Hall–Kier alpha value is -7.16. The molecule has 5 heteroatoms. The van der Waals surface area contributed by atoms with Gasteiger partial charge in [-0.2, -0.15) is 5.26 Å². The van der Waals surface area contributed by atoms with Gasteiger partial charge in [-0.25, -0.2) is 0 Å². The quantitative estimate of drug-likeness (QED) is 0.123. The lowest BCUT2D eigenvalue weighted by Gasteiger charge is -2.20. The Morgan fingerprint density at radius 2 is 0.984 bits per heavy atom. The molecule has 0 saturated carbocycles.